The summed E-state index contributed by atoms with van der Waals surface area (Å²) in [6.07, 6.45) is 4.23. The third kappa shape index (κ3) is 4.19. The zero-order valence-corrected chi connectivity index (χ0v) is 16.6. The summed E-state index contributed by atoms with van der Waals surface area (Å²) in [5, 5.41) is 53.8. The van der Waals surface area contributed by atoms with Gasteiger partial charge >= 0.3 is 5.69 Å². The standard InChI is InChI=1S/C19H13N5O6S/c20-8-11(5-10-6-12(23(27)28)7-15(17(10)25)24(29)30)18(26)22-19-14(9-21)13-3-1-2-4-16(13)31-19/h5-7,25H,1-4H2,(H,22,26)/b11-5+. The maximum atomic E-state index is 12.6. The number of anilines is 1. The molecule has 2 N–H and O–H groups in total. The number of aromatic hydroxyl groups is 1. The van der Waals surface area contributed by atoms with Crippen molar-refractivity contribution in [3.05, 3.63) is 59.5 Å². The summed E-state index contributed by atoms with van der Waals surface area (Å²) in [5.74, 6) is -1.83. The lowest BCUT2D eigenvalue weighted by atomic mass is 9.96. The quantitative estimate of drug-likeness (QED) is 0.306. The molecule has 2 aromatic rings. The molecule has 1 heterocycles. The predicted molar refractivity (Wildman–Crippen MR) is 109 cm³/mol. The number of carbonyl (C=O) groups excluding carboxylic acids is 1. The average molecular weight is 439 g/mol. The molecular formula is C19H13N5O6S. The zero-order chi connectivity index (χ0) is 22.7. The van der Waals surface area contributed by atoms with Crippen LogP contribution in [0, 0.1) is 42.9 Å². The number of nitro groups is 2. The first-order chi connectivity index (χ1) is 14.8. The number of carbonyl (C=O) groups is 1. The fraction of sp³-hybridized carbons (Fsp3) is 0.211. The van der Waals surface area contributed by atoms with Crippen molar-refractivity contribution in [3.63, 3.8) is 0 Å². The molecule has 12 heteroatoms. The smallest absolute Gasteiger partial charge is 0.318 e. The van der Waals surface area contributed by atoms with Crippen molar-refractivity contribution in [3.8, 4) is 17.9 Å². The van der Waals surface area contributed by atoms with Gasteiger partial charge in [-0.05, 0) is 37.3 Å². The van der Waals surface area contributed by atoms with Gasteiger partial charge in [0.25, 0.3) is 11.6 Å². The normalized spacial score (nSPS) is 12.9. The van der Waals surface area contributed by atoms with E-state index < -0.39 is 44.0 Å². The van der Waals surface area contributed by atoms with Crippen molar-refractivity contribution in [1.82, 2.24) is 0 Å². The molecule has 1 aromatic heterocycles. The van der Waals surface area contributed by atoms with Crippen LogP contribution in [0.15, 0.2) is 17.7 Å². The Morgan fingerprint density at radius 1 is 1.19 bits per heavy atom. The van der Waals surface area contributed by atoms with Crippen molar-refractivity contribution >= 4 is 39.7 Å². The molecule has 31 heavy (non-hydrogen) atoms. The number of aryl methyl sites for hydroxylation is 1. The van der Waals surface area contributed by atoms with Crippen LogP contribution in [-0.2, 0) is 17.6 Å². The van der Waals surface area contributed by atoms with E-state index >= 15 is 0 Å². The molecule has 0 aliphatic heterocycles. The monoisotopic (exact) mass is 439 g/mol. The van der Waals surface area contributed by atoms with Gasteiger partial charge in [-0.2, -0.15) is 10.5 Å². The van der Waals surface area contributed by atoms with Crippen LogP contribution in [0.25, 0.3) is 6.08 Å². The molecule has 0 unspecified atom stereocenters. The summed E-state index contributed by atoms with van der Waals surface area (Å²) in [5.41, 5.74) is -1.40. The lowest BCUT2D eigenvalue weighted by Gasteiger charge is -2.09. The second kappa shape index (κ2) is 8.61. The van der Waals surface area contributed by atoms with E-state index in [0.717, 1.165) is 48.3 Å². The van der Waals surface area contributed by atoms with Crippen LogP contribution in [-0.4, -0.2) is 20.9 Å². The van der Waals surface area contributed by atoms with Gasteiger partial charge in [0.15, 0.2) is 0 Å². The van der Waals surface area contributed by atoms with Gasteiger partial charge in [0, 0.05) is 16.5 Å². The molecule has 0 spiro atoms. The highest BCUT2D eigenvalue weighted by Gasteiger charge is 2.25. The molecule has 11 nitrogen and oxygen atoms in total. The molecule has 0 radical (unpaired) electrons. The molecule has 0 saturated carbocycles. The van der Waals surface area contributed by atoms with Gasteiger partial charge < -0.3 is 10.4 Å². The SMILES string of the molecule is N#C/C(=C\c1cc([N+](=O)[O-])cc([N+](=O)[O-])c1O)C(=O)Nc1sc2c(c1C#N)CCCC2. The number of phenols is 1. The van der Waals surface area contributed by atoms with Crippen molar-refractivity contribution in [2.45, 2.75) is 25.7 Å². The number of phenolic OH excluding ortho intramolecular Hbond substituents is 1. The first-order valence-corrected chi connectivity index (χ1v) is 9.72. The van der Waals surface area contributed by atoms with Crippen molar-refractivity contribution < 1.29 is 19.7 Å². The summed E-state index contributed by atoms with van der Waals surface area (Å²) in [6, 6.07) is 5.08. The second-order valence-electron chi connectivity index (χ2n) is 6.57. The number of amides is 1. The Balaban J connectivity index is 2.00. The number of nitrogens with zero attached hydrogens (tertiary/aromatic N) is 4. The van der Waals surface area contributed by atoms with Crippen LogP contribution < -0.4 is 5.32 Å². The van der Waals surface area contributed by atoms with E-state index in [0.29, 0.717) is 11.6 Å². The lowest BCUT2D eigenvalue weighted by molar-refractivity contribution is -0.394. The number of nitriles is 2. The molecule has 1 aromatic carbocycles. The minimum Gasteiger partial charge on any atom is -0.502 e. The Morgan fingerprint density at radius 3 is 2.52 bits per heavy atom. The number of nitrogens with one attached hydrogen (secondary N) is 1. The van der Waals surface area contributed by atoms with Crippen LogP contribution in [0.2, 0.25) is 0 Å². The highest BCUT2D eigenvalue weighted by molar-refractivity contribution is 7.16. The molecule has 0 bridgehead atoms. The van der Waals surface area contributed by atoms with Crippen LogP contribution in [0.3, 0.4) is 0 Å². The molecule has 0 atom stereocenters. The second-order valence-corrected chi connectivity index (χ2v) is 7.67. The maximum absolute atomic E-state index is 12.6. The van der Waals surface area contributed by atoms with Crippen LogP contribution in [0.4, 0.5) is 16.4 Å². The highest BCUT2D eigenvalue weighted by Crippen LogP contribution is 2.38. The summed E-state index contributed by atoms with van der Waals surface area (Å²) in [7, 11) is 0. The van der Waals surface area contributed by atoms with Gasteiger partial charge in [-0.1, -0.05) is 0 Å². The number of benzene rings is 1. The highest BCUT2D eigenvalue weighted by atomic mass is 32.1. The Morgan fingerprint density at radius 2 is 1.90 bits per heavy atom. The van der Waals surface area contributed by atoms with Crippen molar-refractivity contribution in [2.75, 3.05) is 5.32 Å². The number of non-ortho nitro benzene ring substituents is 1. The molecule has 1 aliphatic carbocycles. The van der Waals surface area contributed by atoms with E-state index in [1.807, 2.05) is 0 Å². The van der Waals surface area contributed by atoms with Gasteiger partial charge in [0.1, 0.15) is 22.7 Å². The van der Waals surface area contributed by atoms with Gasteiger partial charge in [0.05, 0.1) is 21.5 Å². The Bertz CT molecular complexity index is 1230. The molecule has 0 fully saturated rings. The summed E-state index contributed by atoms with van der Waals surface area (Å²) in [6.45, 7) is 0. The third-order valence-electron chi connectivity index (χ3n) is 4.69. The fourth-order valence-corrected chi connectivity index (χ4v) is 4.46. The van der Waals surface area contributed by atoms with E-state index in [2.05, 4.69) is 11.4 Å². The molecule has 1 aliphatic rings. The average Bonchev–Trinajstić information content (AvgIpc) is 3.09. The number of hydrogen-bond acceptors (Lipinski definition) is 9. The van der Waals surface area contributed by atoms with E-state index in [-0.39, 0.29) is 5.00 Å². The predicted octanol–water partition coefficient (Wildman–Crippen LogP) is 3.57. The lowest BCUT2D eigenvalue weighted by Crippen LogP contribution is -2.13. The number of fused-ring (bicyclic) bond motifs is 1. The largest absolute Gasteiger partial charge is 0.502 e. The van der Waals surface area contributed by atoms with Gasteiger partial charge in [-0.15, -0.1) is 11.3 Å². The van der Waals surface area contributed by atoms with E-state index in [4.69, 9.17) is 0 Å². The topological polar surface area (TPSA) is 183 Å². The number of hydrogen-bond donors (Lipinski definition) is 2. The molecule has 3 rings (SSSR count). The van der Waals surface area contributed by atoms with Gasteiger partial charge in [-0.25, -0.2) is 0 Å². The molecule has 0 saturated heterocycles. The molecular weight excluding hydrogens is 426 g/mol. The minimum atomic E-state index is -1.01. The van der Waals surface area contributed by atoms with Crippen molar-refractivity contribution in [2.24, 2.45) is 0 Å². The summed E-state index contributed by atoms with van der Waals surface area (Å²) < 4.78 is 0. The first-order valence-electron chi connectivity index (χ1n) is 8.90. The van der Waals surface area contributed by atoms with Crippen LogP contribution >= 0.6 is 11.3 Å². The van der Waals surface area contributed by atoms with E-state index in [1.54, 1.807) is 6.07 Å². The minimum absolute atomic E-state index is 0.287. The number of rotatable bonds is 5. The number of nitro benzene ring substituents is 2. The molecule has 156 valence electrons. The molecule has 1 amide bonds. The Kier molecular flexibility index (Phi) is 5.95. The zero-order valence-electron chi connectivity index (χ0n) is 15.7. The van der Waals surface area contributed by atoms with E-state index in [9.17, 15) is 40.7 Å². The first kappa shape index (κ1) is 21.4. The maximum Gasteiger partial charge on any atom is 0.318 e. The number of thiophene rings is 1. The van der Waals surface area contributed by atoms with E-state index in [1.165, 1.54) is 11.3 Å². The fourth-order valence-electron chi connectivity index (χ4n) is 3.23. The summed E-state index contributed by atoms with van der Waals surface area (Å²) in [4.78, 5) is 33.8. The third-order valence-corrected chi connectivity index (χ3v) is 5.89. The van der Waals surface area contributed by atoms with Crippen molar-refractivity contribution in [1.29, 1.82) is 10.5 Å². The van der Waals surface area contributed by atoms with Gasteiger partial charge in [-0.3, -0.25) is 25.0 Å². The van der Waals surface area contributed by atoms with Gasteiger partial charge in [0.2, 0.25) is 5.75 Å². The van der Waals surface area contributed by atoms with Crippen LogP contribution in [0.1, 0.15) is 34.4 Å². The van der Waals surface area contributed by atoms with Crippen LogP contribution in [0.5, 0.6) is 5.75 Å². The summed E-state index contributed by atoms with van der Waals surface area (Å²) >= 11 is 1.25. The Labute approximate surface area is 178 Å². The Hall–Kier alpha value is -4.29.